The van der Waals surface area contributed by atoms with Gasteiger partial charge < -0.3 is 10.3 Å². The summed E-state index contributed by atoms with van der Waals surface area (Å²) in [4.78, 5) is 0. The Kier molecular flexibility index (Phi) is 2.50. The maximum atomic E-state index is 13.3. The Morgan fingerprint density at radius 3 is 2.62 bits per heavy atom. The molecule has 0 saturated heterocycles. The molecule has 0 unspecified atom stereocenters. The molecule has 0 saturated carbocycles. The van der Waals surface area contributed by atoms with E-state index >= 15 is 0 Å². The second-order valence-electron chi connectivity index (χ2n) is 4.71. The number of fused-ring (bicyclic) bond motifs is 1. The van der Waals surface area contributed by atoms with Gasteiger partial charge in [-0.1, -0.05) is 0 Å². The van der Waals surface area contributed by atoms with Crippen LogP contribution in [0.4, 0.5) is 4.39 Å². The van der Waals surface area contributed by atoms with Crippen molar-refractivity contribution >= 4 is 10.9 Å². The summed E-state index contributed by atoms with van der Waals surface area (Å²) in [6.07, 6.45) is 2.02. The van der Waals surface area contributed by atoms with Crippen LogP contribution in [0.1, 0.15) is 26.3 Å². The molecule has 1 heterocycles. The molecular weight excluding hydrogens is 203 g/mol. The van der Waals surface area contributed by atoms with Crippen molar-refractivity contribution < 1.29 is 4.39 Å². The standard InChI is InChI=1S/C13H17FN2/c1-4-16-8-11(13(2,3)15)10-7-9(14)5-6-12(10)16/h5-8H,4,15H2,1-3H3. The van der Waals surface area contributed by atoms with E-state index in [-0.39, 0.29) is 5.82 Å². The van der Waals surface area contributed by atoms with Gasteiger partial charge in [-0.05, 0) is 44.5 Å². The molecule has 1 aromatic heterocycles. The van der Waals surface area contributed by atoms with Gasteiger partial charge in [-0.3, -0.25) is 0 Å². The highest BCUT2D eigenvalue weighted by Crippen LogP contribution is 2.29. The molecule has 86 valence electrons. The molecule has 0 radical (unpaired) electrons. The maximum Gasteiger partial charge on any atom is 0.123 e. The molecule has 1 aromatic carbocycles. The average Bonchev–Trinajstić information content (AvgIpc) is 2.54. The molecule has 0 aliphatic carbocycles. The van der Waals surface area contributed by atoms with E-state index in [4.69, 9.17) is 5.73 Å². The number of benzene rings is 1. The van der Waals surface area contributed by atoms with Crippen molar-refractivity contribution in [2.45, 2.75) is 32.9 Å². The van der Waals surface area contributed by atoms with E-state index in [0.717, 1.165) is 23.0 Å². The van der Waals surface area contributed by atoms with E-state index in [1.54, 1.807) is 6.07 Å². The van der Waals surface area contributed by atoms with Crippen molar-refractivity contribution in [2.24, 2.45) is 5.73 Å². The lowest BCUT2D eigenvalue weighted by Crippen LogP contribution is -2.28. The first-order valence-corrected chi connectivity index (χ1v) is 5.51. The van der Waals surface area contributed by atoms with Gasteiger partial charge in [0, 0.05) is 29.2 Å². The smallest absolute Gasteiger partial charge is 0.123 e. The van der Waals surface area contributed by atoms with Gasteiger partial charge in [0.15, 0.2) is 0 Å². The predicted octanol–water partition coefficient (Wildman–Crippen LogP) is 2.99. The zero-order valence-corrected chi connectivity index (χ0v) is 9.92. The first-order chi connectivity index (χ1) is 7.43. The quantitative estimate of drug-likeness (QED) is 0.828. The van der Waals surface area contributed by atoms with Crippen LogP contribution in [0.2, 0.25) is 0 Å². The second kappa shape index (κ2) is 3.59. The van der Waals surface area contributed by atoms with Crippen molar-refractivity contribution in [3.63, 3.8) is 0 Å². The third kappa shape index (κ3) is 1.71. The van der Waals surface area contributed by atoms with Crippen LogP contribution in [0, 0.1) is 5.82 Å². The Bertz CT molecular complexity index is 520. The van der Waals surface area contributed by atoms with Gasteiger partial charge in [-0.25, -0.2) is 4.39 Å². The number of nitrogens with zero attached hydrogens (tertiary/aromatic N) is 1. The normalized spacial score (nSPS) is 12.3. The van der Waals surface area contributed by atoms with Crippen LogP contribution in [0.15, 0.2) is 24.4 Å². The van der Waals surface area contributed by atoms with Crippen molar-refractivity contribution in [2.75, 3.05) is 0 Å². The Hall–Kier alpha value is -1.35. The molecule has 2 nitrogen and oxygen atoms in total. The minimum atomic E-state index is -0.452. The summed E-state index contributed by atoms with van der Waals surface area (Å²) in [7, 11) is 0. The van der Waals surface area contributed by atoms with Gasteiger partial charge in [0.05, 0.1) is 0 Å². The van der Waals surface area contributed by atoms with Gasteiger partial charge >= 0.3 is 0 Å². The minimum absolute atomic E-state index is 0.216. The van der Waals surface area contributed by atoms with Crippen LogP contribution in [-0.2, 0) is 12.1 Å². The highest BCUT2D eigenvalue weighted by Gasteiger charge is 2.20. The molecule has 0 atom stereocenters. The number of halogens is 1. The van der Waals surface area contributed by atoms with Gasteiger partial charge in [0.2, 0.25) is 0 Å². The van der Waals surface area contributed by atoms with Crippen molar-refractivity contribution in [1.29, 1.82) is 0 Å². The average molecular weight is 220 g/mol. The molecule has 2 N–H and O–H groups in total. The number of aryl methyl sites for hydroxylation is 1. The lowest BCUT2D eigenvalue weighted by Gasteiger charge is -2.17. The van der Waals surface area contributed by atoms with Crippen LogP contribution in [-0.4, -0.2) is 4.57 Å². The predicted molar refractivity (Wildman–Crippen MR) is 64.8 cm³/mol. The molecule has 0 amide bonds. The third-order valence-electron chi connectivity index (χ3n) is 2.88. The summed E-state index contributed by atoms with van der Waals surface area (Å²) in [5.74, 6) is -0.216. The van der Waals surface area contributed by atoms with Gasteiger partial charge in [0.25, 0.3) is 0 Å². The van der Waals surface area contributed by atoms with Crippen LogP contribution >= 0.6 is 0 Å². The molecule has 16 heavy (non-hydrogen) atoms. The van der Waals surface area contributed by atoms with E-state index in [1.807, 2.05) is 26.1 Å². The van der Waals surface area contributed by atoms with Crippen molar-refractivity contribution in [3.8, 4) is 0 Å². The van der Waals surface area contributed by atoms with E-state index in [1.165, 1.54) is 6.07 Å². The molecule has 0 bridgehead atoms. The van der Waals surface area contributed by atoms with E-state index < -0.39 is 5.54 Å². The molecule has 2 rings (SSSR count). The van der Waals surface area contributed by atoms with E-state index in [9.17, 15) is 4.39 Å². The molecule has 0 aliphatic heterocycles. The summed E-state index contributed by atoms with van der Waals surface area (Å²) in [6, 6.07) is 4.86. The highest BCUT2D eigenvalue weighted by atomic mass is 19.1. The SMILES string of the molecule is CCn1cc(C(C)(C)N)c2cc(F)ccc21. The van der Waals surface area contributed by atoms with Gasteiger partial charge in [0.1, 0.15) is 5.82 Å². The molecule has 0 fully saturated rings. The van der Waals surface area contributed by atoms with Crippen LogP contribution in [0.25, 0.3) is 10.9 Å². The first-order valence-electron chi connectivity index (χ1n) is 5.51. The Balaban J connectivity index is 2.79. The van der Waals surface area contributed by atoms with Gasteiger partial charge in [-0.15, -0.1) is 0 Å². The largest absolute Gasteiger partial charge is 0.347 e. The summed E-state index contributed by atoms with van der Waals surface area (Å²) in [6.45, 7) is 6.80. The lowest BCUT2D eigenvalue weighted by atomic mass is 9.95. The van der Waals surface area contributed by atoms with Crippen molar-refractivity contribution in [3.05, 3.63) is 35.8 Å². The molecule has 2 aromatic rings. The number of hydrogen-bond donors (Lipinski definition) is 1. The molecule has 0 spiro atoms. The lowest BCUT2D eigenvalue weighted by molar-refractivity contribution is 0.556. The number of hydrogen-bond acceptors (Lipinski definition) is 1. The van der Waals surface area contributed by atoms with Crippen molar-refractivity contribution in [1.82, 2.24) is 4.57 Å². The monoisotopic (exact) mass is 220 g/mol. The Morgan fingerprint density at radius 1 is 1.38 bits per heavy atom. The fourth-order valence-electron chi connectivity index (χ4n) is 2.04. The molecule has 3 heteroatoms. The molecular formula is C13H17FN2. The number of rotatable bonds is 2. The van der Waals surface area contributed by atoms with Crippen LogP contribution < -0.4 is 5.73 Å². The minimum Gasteiger partial charge on any atom is -0.347 e. The summed E-state index contributed by atoms with van der Waals surface area (Å²) in [5, 5.41) is 0.911. The number of nitrogens with two attached hydrogens (primary N) is 1. The third-order valence-corrected chi connectivity index (χ3v) is 2.88. The topological polar surface area (TPSA) is 30.9 Å². The number of aromatic nitrogens is 1. The highest BCUT2D eigenvalue weighted by molar-refractivity contribution is 5.85. The fourth-order valence-corrected chi connectivity index (χ4v) is 2.04. The molecule has 0 aliphatic rings. The zero-order valence-electron chi connectivity index (χ0n) is 9.92. The van der Waals surface area contributed by atoms with E-state index in [0.29, 0.717) is 0 Å². The fraction of sp³-hybridized carbons (Fsp3) is 0.385. The van der Waals surface area contributed by atoms with Crippen LogP contribution in [0.5, 0.6) is 0 Å². The van der Waals surface area contributed by atoms with E-state index in [2.05, 4.69) is 11.5 Å². The second-order valence-corrected chi connectivity index (χ2v) is 4.71. The summed E-state index contributed by atoms with van der Waals surface area (Å²) < 4.78 is 15.4. The summed E-state index contributed by atoms with van der Waals surface area (Å²) in [5.41, 5.74) is 7.68. The van der Waals surface area contributed by atoms with Gasteiger partial charge in [-0.2, -0.15) is 0 Å². The first kappa shape index (κ1) is 11.1. The maximum absolute atomic E-state index is 13.3. The Labute approximate surface area is 94.9 Å². The van der Waals surface area contributed by atoms with Crippen LogP contribution in [0.3, 0.4) is 0 Å². The Morgan fingerprint density at radius 2 is 2.06 bits per heavy atom. The zero-order chi connectivity index (χ0) is 11.9. The summed E-state index contributed by atoms with van der Waals surface area (Å²) >= 11 is 0.